The van der Waals surface area contributed by atoms with Gasteiger partial charge >= 0.3 is 0 Å². The largest absolute Gasteiger partial charge is 0.115 e. The van der Waals surface area contributed by atoms with E-state index in [4.69, 9.17) is 6.42 Å². The summed E-state index contributed by atoms with van der Waals surface area (Å²) in [5, 5.41) is 2.35. The predicted molar refractivity (Wildman–Crippen MR) is 110 cm³/mol. The van der Waals surface area contributed by atoms with Gasteiger partial charge in [0.1, 0.15) is 0 Å². The number of hydrogen-bond donors (Lipinski definition) is 0. The van der Waals surface area contributed by atoms with E-state index < -0.39 is 0 Å². The maximum Gasteiger partial charge on any atom is 0.0321 e. The van der Waals surface area contributed by atoms with E-state index in [2.05, 4.69) is 61.4 Å². The van der Waals surface area contributed by atoms with Gasteiger partial charge in [0, 0.05) is 5.56 Å². The zero-order valence-electron chi connectivity index (χ0n) is 15.1. The first-order valence-corrected chi connectivity index (χ1v) is 9.40. The van der Waals surface area contributed by atoms with Gasteiger partial charge in [-0.05, 0) is 52.4 Å². The van der Waals surface area contributed by atoms with Crippen molar-refractivity contribution >= 4 is 10.8 Å². The highest BCUT2D eigenvalue weighted by Crippen LogP contribution is 2.26. The Labute approximate surface area is 151 Å². The molecule has 0 aliphatic rings. The van der Waals surface area contributed by atoms with Gasteiger partial charge in [-0.25, -0.2) is 0 Å². The van der Waals surface area contributed by atoms with Crippen LogP contribution in [0.25, 0.3) is 21.9 Å². The van der Waals surface area contributed by atoms with E-state index in [1.54, 1.807) is 0 Å². The Hall–Kier alpha value is -2.52. The van der Waals surface area contributed by atoms with E-state index in [0.29, 0.717) is 0 Å². The van der Waals surface area contributed by atoms with Crippen molar-refractivity contribution < 1.29 is 0 Å². The highest BCUT2D eigenvalue weighted by Gasteiger charge is 2.03. The molecule has 3 aromatic carbocycles. The Kier molecular flexibility index (Phi) is 5.91. The Morgan fingerprint density at radius 2 is 1.56 bits per heavy atom. The number of hydrogen-bond acceptors (Lipinski definition) is 0. The first-order chi connectivity index (χ1) is 12.3. The summed E-state index contributed by atoms with van der Waals surface area (Å²) in [5.74, 6) is 2.77. The number of terminal acetylenes is 1. The number of rotatable bonds is 7. The predicted octanol–water partition coefficient (Wildman–Crippen LogP) is 7.00. The van der Waals surface area contributed by atoms with Gasteiger partial charge in [-0.2, -0.15) is 0 Å². The summed E-state index contributed by atoms with van der Waals surface area (Å²) >= 11 is 0. The average molecular weight is 326 g/mol. The summed E-state index contributed by atoms with van der Waals surface area (Å²) in [6, 6.07) is 21.7. The van der Waals surface area contributed by atoms with Crippen molar-refractivity contribution in [2.75, 3.05) is 0 Å². The molecule has 0 bridgehead atoms. The lowest BCUT2D eigenvalue weighted by Gasteiger charge is -2.07. The first kappa shape index (κ1) is 17.3. The van der Waals surface area contributed by atoms with Crippen LogP contribution < -0.4 is 0 Å². The summed E-state index contributed by atoms with van der Waals surface area (Å²) in [6.45, 7) is 2.26. The molecule has 0 fully saturated rings. The number of aryl methyl sites for hydroxylation is 1. The first-order valence-electron chi connectivity index (χ1n) is 9.40. The molecule has 0 heterocycles. The van der Waals surface area contributed by atoms with Crippen molar-refractivity contribution in [3.63, 3.8) is 0 Å². The minimum absolute atomic E-state index is 0.961. The molecule has 0 saturated heterocycles. The molecule has 0 saturated carbocycles. The van der Waals surface area contributed by atoms with Gasteiger partial charge in [0.2, 0.25) is 0 Å². The molecule has 0 aromatic heterocycles. The summed E-state index contributed by atoms with van der Waals surface area (Å²) in [6.07, 6.45) is 13.5. The molecule has 0 spiro atoms. The van der Waals surface area contributed by atoms with Gasteiger partial charge in [0.05, 0.1) is 0 Å². The molecule has 0 atom stereocenters. The van der Waals surface area contributed by atoms with Crippen LogP contribution in [0.5, 0.6) is 0 Å². The standard InChI is InChI=1S/C25H26/c1-3-5-6-7-8-10-20-13-15-22(16-14-20)23-17-18-25-21(4-2)11-9-12-24(25)19-23/h2,9,11-19H,3,5-8,10H2,1H3. The van der Waals surface area contributed by atoms with Crippen LogP contribution in [-0.2, 0) is 6.42 Å². The minimum atomic E-state index is 0.961. The normalized spacial score (nSPS) is 10.7. The maximum absolute atomic E-state index is 5.60. The van der Waals surface area contributed by atoms with Gasteiger partial charge in [0.25, 0.3) is 0 Å². The summed E-state index contributed by atoms with van der Waals surface area (Å²) in [4.78, 5) is 0. The molecule has 3 aromatic rings. The lowest BCUT2D eigenvalue weighted by Crippen LogP contribution is -1.87. The van der Waals surface area contributed by atoms with Gasteiger partial charge in [0.15, 0.2) is 0 Å². The van der Waals surface area contributed by atoms with Crippen molar-refractivity contribution in [3.05, 3.63) is 71.8 Å². The SMILES string of the molecule is C#Cc1cccc2cc(-c3ccc(CCCCCCC)cc3)ccc12. The summed E-state index contributed by atoms with van der Waals surface area (Å²) in [7, 11) is 0. The molecule has 0 aliphatic heterocycles. The van der Waals surface area contributed by atoms with Gasteiger partial charge < -0.3 is 0 Å². The Morgan fingerprint density at radius 3 is 2.32 bits per heavy atom. The zero-order valence-corrected chi connectivity index (χ0v) is 15.1. The van der Waals surface area contributed by atoms with Crippen LogP contribution in [0.1, 0.15) is 50.2 Å². The third kappa shape index (κ3) is 4.31. The van der Waals surface area contributed by atoms with Gasteiger partial charge in [-0.3, -0.25) is 0 Å². The van der Waals surface area contributed by atoms with E-state index >= 15 is 0 Å². The molecule has 25 heavy (non-hydrogen) atoms. The Bertz CT molecular complexity index is 863. The van der Waals surface area contributed by atoms with Crippen LogP contribution in [0, 0.1) is 12.3 Å². The van der Waals surface area contributed by atoms with E-state index in [1.807, 2.05) is 12.1 Å². The minimum Gasteiger partial charge on any atom is -0.115 e. The van der Waals surface area contributed by atoms with Crippen LogP contribution in [-0.4, -0.2) is 0 Å². The second kappa shape index (κ2) is 8.54. The molecule has 0 N–H and O–H groups in total. The van der Waals surface area contributed by atoms with Crippen LogP contribution in [0.4, 0.5) is 0 Å². The Morgan fingerprint density at radius 1 is 0.800 bits per heavy atom. The van der Waals surface area contributed by atoms with Crippen molar-refractivity contribution in [1.29, 1.82) is 0 Å². The van der Waals surface area contributed by atoms with Gasteiger partial charge in [-0.1, -0.05) is 87.1 Å². The quantitative estimate of drug-likeness (QED) is 0.324. The van der Waals surface area contributed by atoms with Crippen molar-refractivity contribution in [2.45, 2.75) is 45.4 Å². The van der Waals surface area contributed by atoms with Crippen LogP contribution in [0.3, 0.4) is 0 Å². The van der Waals surface area contributed by atoms with Crippen molar-refractivity contribution in [3.8, 4) is 23.5 Å². The van der Waals surface area contributed by atoms with E-state index in [-0.39, 0.29) is 0 Å². The molecule has 0 aliphatic carbocycles. The smallest absolute Gasteiger partial charge is 0.0321 e. The average Bonchev–Trinajstić information content (AvgIpc) is 2.67. The molecular weight excluding hydrogens is 300 g/mol. The molecule has 0 radical (unpaired) electrons. The van der Waals surface area contributed by atoms with E-state index in [9.17, 15) is 0 Å². The summed E-state index contributed by atoms with van der Waals surface area (Å²) in [5.41, 5.74) is 4.91. The molecule has 0 heteroatoms. The zero-order chi connectivity index (χ0) is 17.5. The second-order valence-electron chi connectivity index (χ2n) is 6.75. The fourth-order valence-electron chi connectivity index (χ4n) is 3.39. The molecule has 126 valence electrons. The number of unbranched alkanes of at least 4 members (excludes halogenated alkanes) is 4. The number of benzene rings is 3. The highest BCUT2D eigenvalue weighted by molar-refractivity contribution is 5.91. The van der Waals surface area contributed by atoms with E-state index in [1.165, 1.54) is 60.6 Å². The lowest BCUT2D eigenvalue weighted by molar-refractivity contribution is 0.632. The van der Waals surface area contributed by atoms with Gasteiger partial charge in [-0.15, -0.1) is 6.42 Å². The van der Waals surface area contributed by atoms with Crippen LogP contribution in [0.15, 0.2) is 60.7 Å². The van der Waals surface area contributed by atoms with Crippen LogP contribution >= 0.6 is 0 Å². The molecule has 3 rings (SSSR count). The lowest BCUT2D eigenvalue weighted by atomic mass is 9.97. The number of fused-ring (bicyclic) bond motifs is 1. The third-order valence-corrected chi connectivity index (χ3v) is 4.89. The van der Waals surface area contributed by atoms with Crippen LogP contribution in [0.2, 0.25) is 0 Å². The maximum atomic E-state index is 5.60. The van der Waals surface area contributed by atoms with E-state index in [0.717, 1.165) is 10.9 Å². The highest BCUT2D eigenvalue weighted by atomic mass is 14.1. The van der Waals surface area contributed by atoms with Crippen molar-refractivity contribution in [1.82, 2.24) is 0 Å². The monoisotopic (exact) mass is 326 g/mol. The molecular formula is C25H26. The fourth-order valence-corrected chi connectivity index (χ4v) is 3.39. The Balaban J connectivity index is 1.72. The molecule has 0 nitrogen and oxygen atoms in total. The van der Waals surface area contributed by atoms with Crippen molar-refractivity contribution in [2.24, 2.45) is 0 Å². The summed E-state index contributed by atoms with van der Waals surface area (Å²) < 4.78 is 0. The second-order valence-corrected chi connectivity index (χ2v) is 6.75. The molecule has 0 amide bonds. The molecule has 0 unspecified atom stereocenters. The topological polar surface area (TPSA) is 0 Å². The fraction of sp³-hybridized carbons (Fsp3) is 0.280. The third-order valence-electron chi connectivity index (χ3n) is 4.89.